The fourth-order valence-electron chi connectivity index (χ4n) is 1.91. The van der Waals surface area contributed by atoms with Gasteiger partial charge in [0.2, 0.25) is 0 Å². The van der Waals surface area contributed by atoms with Gasteiger partial charge in [-0.15, -0.1) is 0 Å². The zero-order chi connectivity index (χ0) is 13.1. The highest BCUT2D eigenvalue weighted by Crippen LogP contribution is 2.18. The Morgan fingerprint density at radius 1 is 1.17 bits per heavy atom. The van der Waals surface area contributed by atoms with Crippen molar-refractivity contribution in [3.8, 4) is 0 Å². The van der Waals surface area contributed by atoms with Gasteiger partial charge in [-0.25, -0.2) is 0 Å². The van der Waals surface area contributed by atoms with Crippen molar-refractivity contribution >= 4 is 11.4 Å². The second-order valence-electron chi connectivity index (χ2n) is 4.72. The van der Waals surface area contributed by atoms with Crippen LogP contribution in [0.4, 0.5) is 11.4 Å². The number of H-pyrrole nitrogens is 1. The molecule has 2 rings (SSSR count). The molecule has 96 valence electrons. The molecule has 0 aliphatic heterocycles. The third-order valence-electron chi connectivity index (χ3n) is 3.05. The highest BCUT2D eigenvalue weighted by molar-refractivity contribution is 5.52. The smallest absolute Gasteiger partial charge is 0.0825 e. The van der Waals surface area contributed by atoms with Gasteiger partial charge >= 0.3 is 0 Å². The zero-order valence-electron chi connectivity index (χ0n) is 11.4. The molecule has 0 radical (unpaired) electrons. The second kappa shape index (κ2) is 5.12. The Labute approximate surface area is 108 Å². The van der Waals surface area contributed by atoms with E-state index in [9.17, 15) is 0 Å². The average molecular weight is 244 g/mol. The van der Waals surface area contributed by atoms with Crippen molar-refractivity contribution in [3.05, 3.63) is 41.2 Å². The van der Waals surface area contributed by atoms with Gasteiger partial charge in [-0.1, -0.05) is 12.1 Å². The predicted octanol–water partition coefficient (Wildman–Crippen LogP) is 2.70. The molecule has 0 saturated heterocycles. The summed E-state index contributed by atoms with van der Waals surface area (Å²) in [5, 5.41) is 10.6. The van der Waals surface area contributed by atoms with Gasteiger partial charge in [0.05, 0.1) is 17.1 Å². The molecule has 0 saturated carbocycles. The average Bonchev–Trinajstić information content (AvgIpc) is 2.67. The number of nitrogens with one attached hydrogen (secondary N) is 2. The lowest BCUT2D eigenvalue weighted by Crippen LogP contribution is -2.08. The van der Waals surface area contributed by atoms with E-state index in [1.54, 1.807) is 0 Å². The number of anilines is 2. The first-order valence-corrected chi connectivity index (χ1v) is 6.09. The van der Waals surface area contributed by atoms with E-state index >= 15 is 0 Å². The van der Waals surface area contributed by atoms with E-state index in [0.717, 1.165) is 23.6 Å². The number of hydrogen-bond acceptors (Lipinski definition) is 3. The molecule has 0 amide bonds. The van der Waals surface area contributed by atoms with E-state index in [0.29, 0.717) is 0 Å². The Hall–Kier alpha value is -1.97. The molecule has 18 heavy (non-hydrogen) atoms. The van der Waals surface area contributed by atoms with Gasteiger partial charge in [-0.2, -0.15) is 5.10 Å². The van der Waals surface area contributed by atoms with Crippen molar-refractivity contribution in [2.24, 2.45) is 0 Å². The molecule has 0 bridgehead atoms. The Kier molecular flexibility index (Phi) is 3.55. The summed E-state index contributed by atoms with van der Waals surface area (Å²) in [6, 6.07) is 8.55. The normalized spacial score (nSPS) is 10.4. The monoisotopic (exact) mass is 244 g/mol. The van der Waals surface area contributed by atoms with Crippen LogP contribution in [0.25, 0.3) is 0 Å². The van der Waals surface area contributed by atoms with Crippen molar-refractivity contribution < 1.29 is 0 Å². The summed E-state index contributed by atoms with van der Waals surface area (Å²) in [7, 11) is 4.09. The minimum atomic E-state index is 0.814. The van der Waals surface area contributed by atoms with Gasteiger partial charge in [0.25, 0.3) is 0 Å². The van der Waals surface area contributed by atoms with Crippen LogP contribution < -0.4 is 10.2 Å². The quantitative estimate of drug-likeness (QED) is 0.869. The molecule has 0 aliphatic carbocycles. The molecule has 4 nitrogen and oxygen atoms in total. The Morgan fingerprint density at radius 2 is 1.83 bits per heavy atom. The number of hydrogen-bond donors (Lipinski definition) is 2. The maximum absolute atomic E-state index is 4.17. The van der Waals surface area contributed by atoms with Crippen LogP contribution in [0.1, 0.15) is 17.0 Å². The molecule has 2 N–H and O–H groups in total. The fraction of sp³-hybridized carbons (Fsp3) is 0.357. The van der Waals surface area contributed by atoms with Crippen LogP contribution in [-0.2, 0) is 6.54 Å². The minimum absolute atomic E-state index is 0.814. The molecule has 0 unspecified atom stereocenters. The first-order chi connectivity index (χ1) is 8.58. The summed E-state index contributed by atoms with van der Waals surface area (Å²) in [4.78, 5) is 2.10. The van der Waals surface area contributed by atoms with Crippen molar-refractivity contribution in [2.75, 3.05) is 24.3 Å². The van der Waals surface area contributed by atoms with Crippen molar-refractivity contribution in [3.63, 3.8) is 0 Å². The van der Waals surface area contributed by atoms with Crippen molar-refractivity contribution in [1.82, 2.24) is 10.2 Å². The Balaban J connectivity index is 2.02. The summed E-state index contributed by atoms with van der Waals surface area (Å²) in [5.41, 5.74) is 5.68. The SMILES string of the molecule is Cc1n[nH]c(C)c1NCc1ccc(N(C)C)cc1. The maximum Gasteiger partial charge on any atom is 0.0825 e. The molecule has 4 heteroatoms. The predicted molar refractivity (Wildman–Crippen MR) is 76.2 cm³/mol. The number of rotatable bonds is 4. The lowest BCUT2D eigenvalue weighted by Gasteiger charge is -2.13. The first-order valence-electron chi connectivity index (χ1n) is 6.09. The lowest BCUT2D eigenvalue weighted by atomic mass is 10.2. The number of nitrogens with zero attached hydrogens (tertiary/aromatic N) is 2. The van der Waals surface area contributed by atoms with Gasteiger partial charge in [0.1, 0.15) is 0 Å². The number of benzene rings is 1. The maximum atomic E-state index is 4.17. The molecular weight excluding hydrogens is 224 g/mol. The number of aromatic nitrogens is 2. The Bertz CT molecular complexity index is 492. The number of aryl methyl sites for hydroxylation is 2. The fourth-order valence-corrected chi connectivity index (χ4v) is 1.91. The summed E-state index contributed by atoms with van der Waals surface area (Å²) in [6.07, 6.45) is 0. The number of aromatic amines is 1. The molecule has 1 aromatic heterocycles. The van der Waals surface area contributed by atoms with E-state index in [1.807, 2.05) is 27.9 Å². The molecule has 1 heterocycles. The molecule has 1 aromatic carbocycles. The largest absolute Gasteiger partial charge is 0.378 e. The minimum Gasteiger partial charge on any atom is -0.378 e. The summed E-state index contributed by atoms with van der Waals surface area (Å²) in [6.45, 7) is 4.84. The van der Waals surface area contributed by atoms with Gasteiger partial charge in [0.15, 0.2) is 0 Å². The van der Waals surface area contributed by atoms with E-state index in [4.69, 9.17) is 0 Å². The van der Waals surface area contributed by atoms with Gasteiger partial charge in [-0.05, 0) is 31.5 Å². The van der Waals surface area contributed by atoms with Crippen LogP contribution in [0.2, 0.25) is 0 Å². The molecule has 0 fully saturated rings. The van der Waals surface area contributed by atoms with E-state index < -0.39 is 0 Å². The Morgan fingerprint density at radius 3 is 2.33 bits per heavy atom. The van der Waals surface area contributed by atoms with E-state index in [2.05, 4.69) is 44.7 Å². The lowest BCUT2D eigenvalue weighted by molar-refractivity contribution is 1.02. The highest BCUT2D eigenvalue weighted by Gasteiger charge is 2.05. The van der Waals surface area contributed by atoms with Gasteiger partial charge in [-0.3, -0.25) is 5.10 Å². The molecule has 0 spiro atoms. The van der Waals surface area contributed by atoms with Crippen molar-refractivity contribution in [2.45, 2.75) is 20.4 Å². The molecule has 0 aliphatic rings. The second-order valence-corrected chi connectivity index (χ2v) is 4.72. The molecular formula is C14H20N4. The van der Waals surface area contributed by atoms with Gasteiger partial charge in [0, 0.05) is 26.3 Å². The zero-order valence-corrected chi connectivity index (χ0v) is 11.4. The van der Waals surface area contributed by atoms with Crippen LogP contribution in [-0.4, -0.2) is 24.3 Å². The first kappa shape index (κ1) is 12.5. The summed E-state index contributed by atoms with van der Waals surface area (Å²) in [5.74, 6) is 0. The van der Waals surface area contributed by atoms with Crippen molar-refractivity contribution in [1.29, 1.82) is 0 Å². The highest BCUT2D eigenvalue weighted by atomic mass is 15.1. The summed E-state index contributed by atoms with van der Waals surface area (Å²) >= 11 is 0. The van der Waals surface area contributed by atoms with Crippen LogP contribution in [0.5, 0.6) is 0 Å². The third kappa shape index (κ3) is 2.64. The van der Waals surface area contributed by atoms with Crippen LogP contribution in [0.15, 0.2) is 24.3 Å². The van der Waals surface area contributed by atoms with Crippen LogP contribution in [0.3, 0.4) is 0 Å². The van der Waals surface area contributed by atoms with E-state index in [1.165, 1.54) is 11.3 Å². The summed E-state index contributed by atoms with van der Waals surface area (Å²) < 4.78 is 0. The standard InChI is InChI=1S/C14H20N4/c1-10-14(11(2)17-16-10)15-9-12-5-7-13(8-6-12)18(3)4/h5-8,15H,9H2,1-4H3,(H,16,17). The van der Waals surface area contributed by atoms with Crippen LogP contribution in [0, 0.1) is 13.8 Å². The van der Waals surface area contributed by atoms with Crippen LogP contribution >= 0.6 is 0 Å². The molecule has 2 aromatic rings. The third-order valence-corrected chi connectivity index (χ3v) is 3.05. The van der Waals surface area contributed by atoms with E-state index in [-0.39, 0.29) is 0 Å². The topological polar surface area (TPSA) is 44.0 Å². The molecule has 0 atom stereocenters. The van der Waals surface area contributed by atoms with Gasteiger partial charge < -0.3 is 10.2 Å².